The van der Waals surface area contributed by atoms with Crippen molar-refractivity contribution in [3.05, 3.63) is 42.6 Å². The Morgan fingerprint density at radius 3 is 3.00 bits per heavy atom. The van der Waals surface area contributed by atoms with Crippen LogP contribution in [0.15, 0.2) is 30.5 Å². The number of nitrogens with one attached hydrogen (secondary N) is 1. The molecule has 1 aromatic heterocycles. The van der Waals surface area contributed by atoms with Crippen LogP contribution in [0.3, 0.4) is 0 Å². The molecule has 2 aromatic rings. The first-order valence-electron chi connectivity index (χ1n) is 4.31. The molecule has 0 aliphatic heterocycles. The normalized spacial score (nSPS) is 10.8. The van der Waals surface area contributed by atoms with E-state index in [4.69, 9.17) is 0 Å². The predicted octanol–water partition coefficient (Wildman–Crippen LogP) is 3.13. The van der Waals surface area contributed by atoms with Gasteiger partial charge in [-0.25, -0.2) is 0 Å². The summed E-state index contributed by atoms with van der Waals surface area (Å²) in [6.45, 7) is 2.15. The second kappa shape index (κ2) is 3.02. The Bertz CT molecular complexity index is 373. The second-order valence-corrected chi connectivity index (χ2v) is 2.90. The van der Waals surface area contributed by atoms with Gasteiger partial charge in [0.2, 0.25) is 0 Å². The first-order valence-corrected chi connectivity index (χ1v) is 4.31. The molecule has 0 saturated carbocycles. The zero-order valence-corrected chi connectivity index (χ0v) is 7.17. The van der Waals surface area contributed by atoms with E-state index in [1.54, 1.807) is 0 Å². The summed E-state index contributed by atoms with van der Waals surface area (Å²) in [7, 11) is 0. The highest BCUT2D eigenvalue weighted by molar-refractivity contribution is 5.86. The van der Waals surface area contributed by atoms with E-state index in [-0.39, 0.29) is 0 Å². The van der Waals surface area contributed by atoms with Crippen LogP contribution < -0.4 is 0 Å². The lowest BCUT2D eigenvalue weighted by atomic mass is 10.1. The van der Waals surface area contributed by atoms with Gasteiger partial charge in [-0.1, -0.05) is 31.2 Å². The molecule has 1 heterocycles. The monoisotopic (exact) mass is 158 g/mol. The van der Waals surface area contributed by atoms with Crippen LogP contribution in [0.1, 0.15) is 19.0 Å². The van der Waals surface area contributed by atoms with Crippen molar-refractivity contribution in [3.8, 4) is 0 Å². The fourth-order valence-electron chi connectivity index (χ4n) is 1.47. The van der Waals surface area contributed by atoms with Crippen LogP contribution in [-0.2, 0) is 0 Å². The van der Waals surface area contributed by atoms with E-state index in [1.807, 2.05) is 0 Å². The molecule has 12 heavy (non-hydrogen) atoms. The van der Waals surface area contributed by atoms with E-state index in [0.29, 0.717) is 0 Å². The van der Waals surface area contributed by atoms with Crippen LogP contribution in [0.2, 0.25) is 0 Å². The third kappa shape index (κ3) is 1.11. The van der Waals surface area contributed by atoms with Crippen LogP contribution in [0, 0.1) is 6.42 Å². The maximum atomic E-state index is 3.26. The third-order valence-corrected chi connectivity index (χ3v) is 2.04. The van der Waals surface area contributed by atoms with Gasteiger partial charge in [0.25, 0.3) is 0 Å². The molecule has 1 aromatic carbocycles. The van der Waals surface area contributed by atoms with Crippen LogP contribution in [-0.4, -0.2) is 4.98 Å². The van der Waals surface area contributed by atoms with Gasteiger partial charge < -0.3 is 4.98 Å². The molecule has 1 N–H and O–H groups in total. The Balaban J connectivity index is 2.55. The number of H-pyrrole nitrogens is 1. The van der Waals surface area contributed by atoms with Gasteiger partial charge in [-0.2, -0.15) is 0 Å². The van der Waals surface area contributed by atoms with Crippen LogP contribution in [0.4, 0.5) is 0 Å². The quantitative estimate of drug-likeness (QED) is 0.691. The maximum absolute atomic E-state index is 3.26. The summed E-state index contributed by atoms with van der Waals surface area (Å²) in [6, 6.07) is 8.40. The zero-order chi connectivity index (χ0) is 8.39. The Kier molecular flexibility index (Phi) is 1.86. The average Bonchev–Trinajstić information content (AvgIpc) is 2.50. The van der Waals surface area contributed by atoms with E-state index in [0.717, 1.165) is 6.42 Å². The Morgan fingerprint density at radius 1 is 1.33 bits per heavy atom. The molecule has 61 valence electrons. The molecule has 1 heteroatoms. The highest BCUT2D eigenvalue weighted by Gasteiger charge is 2.00. The van der Waals surface area contributed by atoms with E-state index in [9.17, 15) is 0 Å². The summed E-state index contributed by atoms with van der Waals surface area (Å²) in [4.78, 5) is 3.26. The summed E-state index contributed by atoms with van der Waals surface area (Å²) >= 11 is 0. The van der Waals surface area contributed by atoms with Gasteiger partial charge in [0.1, 0.15) is 0 Å². The largest absolute Gasteiger partial charge is 0.364 e. The van der Waals surface area contributed by atoms with Gasteiger partial charge in [0.15, 0.2) is 0 Å². The van der Waals surface area contributed by atoms with E-state index in [2.05, 4.69) is 48.8 Å². The smallest absolute Gasteiger partial charge is 0.0265 e. The third-order valence-electron chi connectivity index (χ3n) is 2.04. The molecule has 0 saturated heterocycles. The fraction of sp³-hybridized carbons (Fsp3) is 0.182. The van der Waals surface area contributed by atoms with E-state index >= 15 is 0 Å². The molecule has 0 fully saturated rings. The standard InChI is InChI=1S/C11H12N/c1-2-5-11-10-7-4-3-6-9(10)8-12-11/h3-8,12H,2H2,1H3. The van der Waals surface area contributed by atoms with Gasteiger partial charge in [-0.05, 0) is 11.8 Å². The van der Waals surface area contributed by atoms with Gasteiger partial charge in [-0.15, -0.1) is 0 Å². The van der Waals surface area contributed by atoms with Crippen molar-refractivity contribution in [1.29, 1.82) is 0 Å². The van der Waals surface area contributed by atoms with Gasteiger partial charge in [-0.3, -0.25) is 0 Å². The SMILES string of the molecule is CC[CH]c1[nH]cc2ccccc12. The number of hydrogen-bond acceptors (Lipinski definition) is 0. The second-order valence-electron chi connectivity index (χ2n) is 2.90. The van der Waals surface area contributed by atoms with Crippen LogP contribution in [0.25, 0.3) is 10.8 Å². The Labute approximate surface area is 72.4 Å². The minimum absolute atomic E-state index is 1.07. The van der Waals surface area contributed by atoms with Gasteiger partial charge >= 0.3 is 0 Å². The highest BCUT2D eigenvalue weighted by Crippen LogP contribution is 2.19. The number of hydrogen-bond donors (Lipinski definition) is 1. The van der Waals surface area contributed by atoms with Crippen LogP contribution >= 0.6 is 0 Å². The van der Waals surface area contributed by atoms with Crippen molar-refractivity contribution in [1.82, 2.24) is 4.98 Å². The Morgan fingerprint density at radius 2 is 2.17 bits per heavy atom. The first kappa shape index (κ1) is 7.41. The fourth-order valence-corrected chi connectivity index (χ4v) is 1.47. The highest BCUT2D eigenvalue weighted by atomic mass is 14.7. The molecule has 0 aliphatic carbocycles. The van der Waals surface area contributed by atoms with Crippen molar-refractivity contribution in [3.63, 3.8) is 0 Å². The molecule has 0 bridgehead atoms. The molecule has 2 rings (SSSR count). The van der Waals surface area contributed by atoms with Crippen molar-refractivity contribution in [2.75, 3.05) is 0 Å². The molecular weight excluding hydrogens is 146 g/mol. The van der Waals surface area contributed by atoms with Gasteiger partial charge in [0, 0.05) is 23.7 Å². The first-order chi connectivity index (χ1) is 5.92. The zero-order valence-electron chi connectivity index (χ0n) is 7.17. The molecule has 0 atom stereocenters. The molecule has 0 aliphatic rings. The summed E-state index contributed by atoms with van der Waals surface area (Å²) in [5.41, 5.74) is 1.24. The average molecular weight is 158 g/mol. The van der Waals surface area contributed by atoms with Gasteiger partial charge in [0.05, 0.1) is 0 Å². The minimum Gasteiger partial charge on any atom is -0.364 e. The van der Waals surface area contributed by atoms with E-state index in [1.165, 1.54) is 16.5 Å². The molecular formula is C11H12N. The van der Waals surface area contributed by atoms with Crippen LogP contribution in [0.5, 0.6) is 0 Å². The molecule has 0 amide bonds. The lowest BCUT2D eigenvalue weighted by Crippen LogP contribution is -1.78. The van der Waals surface area contributed by atoms with Crippen molar-refractivity contribution in [2.24, 2.45) is 0 Å². The minimum atomic E-state index is 1.07. The predicted molar refractivity (Wildman–Crippen MR) is 52.0 cm³/mol. The summed E-state index contributed by atoms with van der Waals surface area (Å²) in [5, 5.41) is 2.61. The van der Waals surface area contributed by atoms with Crippen molar-refractivity contribution in [2.45, 2.75) is 13.3 Å². The number of aromatic nitrogens is 1. The number of benzene rings is 1. The van der Waals surface area contributed by atoms with Crippen molar-refractivity contribution >= 4 is 10.8 Å². The summed E-state index contributed by atoms with van der Waals surface area (Å²) in [5.74, 6) is 0. The van der Waals surface area contributed by atoms with Crippen molar-refractivity contribution < 1.29 is 0 Å². The number of aromatic amines is 1. The lowest BCUT2D eigenvalue weighted by Gasteiger charge is -1.93. The topological polar surface area (TPSA) is 15.8 Å². The van der Waals surface area contributed by atoms with E-state index < -0.39 is 0 Å². The molecule has 1 radical (unpaired) electrons. The molecule has 1 nitrogen and oxygen atoms in total. The molecule has 0 unspecified atom stereocenters. The summed E-state index contributed by atoms with van der Waals surface area (Å²) in [6.07, 6.45) is 5.34. The maximum Gasteiger partial charge on any atom is 0.0265 e. The lowest BCUT2D eigenvalue weighted by molar-refractivity contribution is 1.09. The Hall–Kier alpha value is -1.24. The number of fused-ring (bicyclic) bond motifs is 1. The summed E-state index contributed by atoms with van der Waals surface area (Å²) < 4.78 is 0. The molecule has 0 spiro atoms. The number of rotatable bonds is 2.